The van der Waals surface area contributed by atoms with E-state index in [2.05, 4.69) is 0 Å². The van der Waals surface area contributed by atoms with Crippen LogP contribution in [0.25, 0.3) is 0 Å². The van der Waals surface area contributed by atoms with Crippen LogP contribution in [0.2, 0.25) is 0 Å². The molecule has 0 aliphatic carbocycles. The summed E-state index contributed by atoms with van der Waals surface area (Å²) >= 11 is 1.24. The molecule has 0 unspecified atom stereocenters. The first-order valence-corrected chi connectivity index (χ1v) is 11.4. The summed E-state index contributed by atoms with van der Waals surface area (Å²) in [6, 6.07) is 18.5. The topological polar surface area (TPSA) is 76.2 Å². The molecule has 7 nitrogen and oxygen atoms in total. The molecule has 2 aliphatic rings. The zero-order chi connectivity index (χ0) is 23.3. The second-order valence-electron chi connectivity index (χ2n) is 8.04. The summed E-state index contributed by atoms with van der Waals surface area (Å²) in [4.78, 5) is 47.9. The molecular weight excluding hydrogens is 440 g/mol. The van der Waals surface area contributed by atoms with Crippen LogP contribution in [-0.4, -0.2) is 31.0 Å². The maximum atomic E-state index is 13.8. The number of carbonyl (C=O) groups excluding carboxylic acids is 3. The minimum absolute atomic E-state index is 0.248. The van der Waals surface area contributed by atoms with Gasteiger partial charge < -0.3 is 4.74 Å². The molecule has 3 atom stereocenters. The summed E-state index contributed by atoms with van der Waals surface area (Å²) in [7, 11) is 1.28. The van der Waals surface area contributed by atoms with E-state index in [9.17, 15) is 14.4 Å². The predicted octanol–water partition coefficient (Wildman–Crippen LogP) is 4.20. The first-order valence-electron chi connectivity index (χ1n) is 10.6. The molecule has 2 amide bonds. The van der Waals surface area contributed by atoms with Gasteiger partial charge in [-0.3, -0.25) is 14.4 Å². The molecule has 168 valence electrons. The number of methoxy groups -OCH3 is 1. The Bertz CT molecular complexity index is 1240. The van der Waals surface area contributed by atoms with Crippen molar-refractivity contribution in [2.45, 2.75) is 26.0 Å². The second-order valence-corrected chi connectivity index (χ2v) is 9.24. The van der Waals surface area contributed by atoms with E-state index in [-0.39, 0.29) is 11.5 Å². The van der Waals surface area contributed by atoms with Crippen molar-refractivity contribution in [3.8, 4) is 0 Å². The number of nitrogens with zero attached hydrogens (tertiary/aromatic N) is 2. The summed E-state index contributed by atoms with van der Waals surface area (Å²) in [5.41, 5.74) is 2.57. The maximum absolute atomic E-state index is 13.8. The average Bonchev–Trinajstić information content (AvgIpc) is 3.45. The molecule has 0 spiro atoms. The molecule has 0 radical (unpaired) electrons. The highest BCUT2D eigenvalue weighted by atomic mass is 32.1. The molecule has 2 aromatic carbocycles. The van der Waals surface area contributed by atoms with E-state index in [0.29, 0.717) is 10.6 Å². The molecular formula is C25H22N2O5S. The number of para-hydroxylation sites is 1. The Morgan fingerprint density at radius 1 is 0.970 bits per heavy atom. The van der Waals surface area contributed by atoms with Crippen LogP contribution in [0.5, 0.6) is 0 Å². The Morgan fingerprint density at radius 2 is 1.61 bits per heavy atom. The third kappa shape index (κ3) is 3.25. The zero-order valence-corrected chi connectivity index (χ0v) is 19.2. The van der Waals surface area contributed by atoms with Crippen molar-refractivity contribution in [2.75, 3.05) is 17.1 Å². The van der Waals surface area contributed by atoms with Crippen LogP contribution in [-0.2, 0) is 19.2 Å². The van der Waals surface area contributed by atoms with Crippen molar-refractivity contribution >= 4 is 39.8 Å². The smallest absolute Gasteiger partial charge is 0.341 e. The largest absolute Gasteiger partial charge is 0.465 e. The van der Waals surface area contributed by atoms with E-state index >= 15 is 0 Å². The molecule has 0 N–H and O–H groups in total. The van der Waals surface area contributed by atoms with Crippen molar-refractivity contribution in [3.63, 3.8) is 0 Å². The van der Waals surface area contributed by atoms with Crippen molar-refractivity contribution in [1.29, 1.82) is 0 Å². The summed E-state index contributed by atoms with van der Waals surface area (Å²) in [6.07, 6.45) is -0.990. The van der Waals surface area contributed by atoms with E-state index < -0.39 is 29.9 Å². The molecule has 0 bridgehead atoms. The number of hydroxylamine groups is 1. The van der Waals surface area contributed by atoms with Crippen LogP contribution in [0.3, 0.4) is 0 Å². The fourth-order valence-corrected chi connectivity index (χ4v) is 5.67. The summed E-state index contributed by atoms with van der Waals surface area (Å²) in [6.45, 7) is 3.63. The van der Waals surface area contributed by atoms with Crippen LogP contribution in [0.15, 0.2) is 60.7 Å². The normalized spacial score (nSPS) is 22.1. The number of imide groups is 1. The van der Waals surface area contributed by atoms with Gasteiger partial charge in [-0.25, -0.2) is 14.8 Å². The molecule has 0 saturated carbocycles. The van der Waals surface area contributed by atoms with Gasteiger partial charge in [-0.1, -0.05) is 48.5 Å². The number of fused-ring (bicyclic) bond motifs is 1. The number of carbonyl (C=O) groups is 3. The first kappa shape index (κ1) is 21.4. The molecule has 2 aliphatic heterocycles. The molecule has 5 rings (SSSR count). The van der Waals surface area contributed by atoms with Gasteiger partial charge >= 0.3 is 5.97 Å². The van der Waals surface area contributed by atoms with Gasteiger partial charge in [-0.05, 0) is 37.1 Å². The van der Waals surface area contributed by atoms with Gasteiger partial charge in [0.2, 0.25) is 5.91 Å². The van der Waals surface area contributed by atoms with Crippen LogP contribution >= 0.6 is 11.3 Å². The molecule has 33 heavy (non-hydrogen) atoms. The lowest BCUT2D eigenvalue weighted by atomic mass is 9.90. The molecule has 2 saturated heterocycles. The minimum Gasteiger partial charge on any atom is -0.465 e. The number of hydrogen-bond acceptors (Lipinski definition) is 7. The Morgan fingerprint density at radius 3 is 2.24 bits per heavy atom. The van der Waals surface area contributed by atoms with Gasteiger partial charge in [-0.15, -0.1) is 11.3 Å². The fourth-order valence-electron chi connectivity index (χ4n) is 4.51. The SMILES string of the molecule is COC(=O)c1c(N2C(=O)[C@@H]3[C@H](ON(c4ccccc4)[C@H]3c3ccccc3)C2=O)sc(C)c1C. The number of benzene rings is 2. The minimum atomic E-state index is -0.990. The van der Waals surface area contributed by atoms with Gasteiger partial charge in [-0.2, -0.15) is 0 Å². The van der Waals surface area contributed by atoms with Crippen molar-refractivity contribution in [2.24, 2.45) is 5.92 Å². The van der Waals surface area contributed by atoms with Gasteiger partial charge in [0.25, 0.3) is 5.91 Å². The average molecular weight is 463 g/mol. The number of aryl methyl sites for hydroxylation is 1. The van der Waals surface area contributed by atoms with E-state index in [4.69, 9.17) is 9.57 Å². The van der Waals surface area contributed by atoms with Crippen molar-refractivity contribution < 1.29 is 24.0 Å². The number of amides is 2. The summed E-state index contributed by atoms with van der Waals surface area (Å²) in [5.74, 6) is -2.19. The predicted molar refractivity (Wildman–Crippen MR) is 124 cm³/mol. The molecule has 3 heterocycles. The summed E-state index contributed by atoms with van der Waals surface area (Å²) < 4.78 is 4.94. The van der Waals surface area contributed by atoms with Crippen LogP contribution < -0.4 is 9.96 Å². The Labute approximate surface area is 195 Å². The van der Waals surface area contributed by atoms with Crippen molar-refractivity contribution in [3.05, 3.63) is 82.2 Å². The van der Waals surface area contributed by atoms with Crippen LogP contribution in [0.4, 0.5) is 10.7 Å². The number of anilines is 2. The monoisotopic (exact) mass is 462 g/mol. The van der Waals surface area contributed by atoms with Crippen LogP contribution in [0, 0.1) is 19.8 Å². The number of rotatable bonds is 4. The van der Waals surface area contributed by atoms with Crippen molar-refractivity contribution in [1.82, 2.24) is 0 Å². The van der Waals surface area contributed by atoms with Gasteiger partial charge in [0, 0.05) is 4.88 Å². The maximum Gasteiger partial charge on any atom is 0.341 e. The fraction of sp³-hybridized carbons (Fsp3) is 0.240. The standard InChI is InChI=1S/C25H22N2O5S/c1-14-15(2)33-24(18(14)25(30)31-3)26-22(28)19-20(16-10-6-4-7-11-16)27(32-21(19)23(26)29)17-12-8-5-9-13-17/h4-13,19-21H,1-3H3/t19-,20-,21-/m0/s1. The number of thiophene rings is 1. The molecule has 8 heteroatoms. The van der Waals surface area contributed by atoms with E-state index in [0.717, 1.165) is 21.0 Å². The van der Waals surface area contributed by atoms with E-state index in [1.54, 1.807) is 12.0 Å². The number of hydrogen-bond donors (Lipinski definition) is 0. The lowest BCUT2D eigenvalue weighted by Crippen LogP contribution is -2.37. The first-order chi connectivity index (χ1) is 15.9. The Balaban J connectivity index is 1.60. The lowest BCUT2D eigenvalue weighted by Gasteiger charge is -2.28. The lowest BCUT2D eigenvalue weighted by molar-refractivity contribution is -0.126. The van der Waals surface area contributed by atoms with E-state index in [1.807, 2.05) is 67.6 Å². The van der Waals surface area contributed by atoms with E-state index in [1.165, 1.54) is 18.4 Å². The highest BCUT2D eigenvalue weighted by Gasteiger charge is 2.61. The van der Waals surface area contributed by atoms with Gasteiger partial charge in [0.05, 0.1) is 24.4 Å². The third-order valence-electron chi connectivity index (χ3n) is 6.23. The number of esters is 1. The summed E-state index contributed by atoms with van der Waals surface area (Å²) in [5, 5.41) is 1.95. The quantitative estimate of drug-likeness (QED) is 0.427. The Kier molecular flexibility index (Phi) is 5.26. The number of ether oxygens (including phenoxy) is 1. The Hall–Kier alpha value is -3.49. The molecule has 3 aromatic rings. The highest BCUT2D eigenvalue weighted by molar-refractivity contribution is 7.17. The van der Waals surface area contributed by atoms with Gasteiger partial charge in [0.1, 0.15) is 10.9 Å². The van der Waals surface area contributed by atoms with Crippen LogP contribution in [0.1, 0.15) is 32.4 Å². The third-order valence-corrected chi connectivity index (χ3v) is 7.42. The molecule has 2 fully saturated rings. The highest BCUT2D eigenvalue weighted by Crippen LogP contribution is 2.49. The zero-order valence-electron chi connectivity index (χ0n) is 18.3. The van der Waals surface area contributed by atoms with Gasteiger partial charge in [0.15, 0.2) is 6.10 Å². The molecule has 1 aromatic heterocycles. The second kappa shape index (κ2) is 8.13.